The van der Waals surface area contributed by atoms with Crippen molar-refractivity contribution in [3.05, 3.63) is 102 Å². The van der Waals surface area contributed by atoms with Gasteiger partial charge in [-0.2, -0.15) is 5.26 Å². The average molecular weight is 366 g/mol. The molecule has 134 valence electrons. The highest BCUT2D eigenvalue weighted by Gasteiger charge is 2.09. The van der Waals surface area contributed by atoms with E-state index >= 15 is 0 Å². The first-order chi connectivity index (χ1) is 13.7. The minimum atomic E-state index is -0.424. The van der Waals surface area contributed by atoms with Crippen LogP contribution in [0, 0.1) is 17.1 Å². The van der Waals surface area contributed by atoms with Crippen LogP contribution >= 0.6 is 0 Å². The van der Waals surface area contributed by atoms with Gasteiger partial charge in [-0.05, 0) is 35.9 Å². The normalized spacial score (nSPS) is 11.4. The number of hydrogen-bond donors (Lipinski definition) is 0. The molecule has 0 saturated heterocycles. The number of fused-ring (bicyclic) bond motifs is 1. The summed E-state index contributed by atoms with van der Waals surface area (Å²) in [6, 6.07) is 23.5. The monoisotopic (exact) mass is 366 g/mol. The molecule has 1 aromatic heterocycles. The average Bonchev–Trinajstić information content (AvgIpc) is 3.12. The van der Waals surface area contributed by atoms with Gasteiger partial charge in [0.2, 0.25) is 0 Å². The highest BCUT2D eigenvalue weighted by molar-refractivity contribution is 5.98. The van der Waals surface area contributed by atoms with Crippen LogP contribution in [0.5, 0.6) is 0 Å². The van der Waals surface area contributed by atoms with E-state index in [9.17, 15) is 14.4 Å². The molecule has 0 atom stereocenters. The van der Waals surface area contributed by atoms with Crippen molar-refractivity contribution in [2.24, 2.45) is 0 Å². The highest BCUT2D eigenvalue weighted by atomic mass is 19.1. The van der Waals surface area contributed by atoms with Gasteiger partial charge in [-0.3, -0.25) is 4.79 Å². The Morgan fingerprint density at radius 2 is 1.68 bits per heavy atom. The summed E-state index contributed by atoms with van der Waals surface area (Å²) in [5, 5.41) is 10.3. The Morgan fingerprint density at radius 1 is 0.964 bits per heavy atom. The molecule has 0 N–H and O–H groups in total. The fourth-order valence-electron chi connectivity index (χ4n) is 3.26. The van der Waals surface area contributed by atoms with E-state index in [2.05, 4.69) is 6.07 Å². The molecule has 0 aliphatic rings. The maximum absolute atomic E-state index is 14.0. The fourth-order valence-corrected chi connectivity index (χ4v) is 3.26. The third-order valence-electron chi connectivity index (χ3n) is 4.64. The first-order valence-corrected chi connectivity index (χ1v) is 8.73. The number of hydrogen-bond acceptors (Lipinski definition) is 2. The van der Waals surface area contributed by atoms with Crippen LogP contribution in [0.15, 0.2) is 79.0 Å². The molecule has 4 rings (SSSR count). The summed E-state index contributed by atoms with van der Waals surface area (Å²) >= 11 is 0. The topological polar surface area (TPSA) is 45.8 Å². The molecular formula is C24H15FN2O. The lowest BCUT2D eigenvalue weighted by Gasteiger charge is -2.06. The van der Waals surface area contributed by atoms with Crippen LogP contribution in [0.3, 0.4) is 0 Å². The minimum Gasteiger partial charge on any atom is -0.316 e. The summed E-state index contributed by atoms with van der Waals surface area (Å²) in [6.45, 7) is 0. The Bertz CT molecular complexity index is 1240. The Hall–Kier alpha value is -3.97. The van der Waals surface area contributed by atoms with E-state index in [0.29, 0.717) is 5.56 Å². The summed E-state index contributed by atoms with van der Waals surface area (Å²) < 4.78 is 15.9. The number of aldehydes is 1. The molecule has 3 aromatic carbocycles. The van der Waals surface area contributed by atoms with Gasteiger partial charge in [0.15, 0.2) is 6.29 Å². The first kappa shape index (κ1) is 17.4. The summed E-state index contributed by atoms with van der Waals surface area (Å²) in [6.07, 6.45) is 4.32. The zero-order valence-electron chi connectivity index (χ0n) is 14.8. The van der Waals surface area contributed by atoms with Gasteiger partial charge in [0.25, 0.3) is 0 Å². The van der Waals surface area contributed by atoms with Crippen molar-refractivity contribution in [1.82, 2.24) is 4.57 Å². The molecule has 4 aromatic rings. The van der Waals surface area contributed by atoms with Crippen LogP contribution < -0.4 is 0 Å². The van der Waals surface area contributed by atoms with E-state index in [1.54, 1.807) is 24.3 Å². The van der Waals surface area contributed by atoms with Gasteiger partial charge in [-0.15, -0.1) is 0 Å². The third kappa shape index (κ3) is 3.10. The predicted octanol–water partition coefficient (Wildman–Crippen LogP) is 5.65. The van der Waals surface area contributed by atoms with Crippen LogP contribution in [0.2, 0.25) is 0 Å². The molecule has 0 unspecified atom stereocenters. The van der Waals surface area contributed by atoms with Crippen molar-refractivity contribution in [3.63, 3.8) is 0 Å². The van der Waals surface area contributed by atoms with E-state index in [4.69, 9.17) is 0 Å². The molecule has 0 bridgehead atoms. The Kier molecular flexibility index (Phi) is 4.57. The van der Waals surface area contributed by atoms with Crippen LogP contribution in [0.4, 0.5) is 4.39 Å². The number of para-hydroxylation sites is 1. The van der Waals surface area contributed by atoms with Crippen LogP contribution in [0.1, 0.15) is 21.5 Å². The van der Waals surface area contributed by atoms with Gasteiger partial charge in [-0.25, -0.2) is 4.39 Å². The number of nitrogens with zero attached hydrogens (tertiary/aromatic N) is 2. The van der Waals surface area contributed by atoms with Crippen LogP contribution in [-0.2, 0) is 0 Å². The van der Waals surface area contributed by atoms with Crippen molar-refractivity contribution in [1.29, 1.82) is 5.26 Å². The molecule has 0 aliphatic heterocycles. The summed E-state index contributed by atoms with van der Waals surface area (Å²) in [7, 11) is 0. The van der Waals surface area contributed by atoms with Crippen LogP contribution in [0.25, 0.3) is 28.2 Å². The Morgan fingerprint density at radius 3 is 2.39 bits per heavy atom. The predicted molar refractivity (Wildman–Crippen MR) is 109 cm³/mol. The van der Waals surface area contributed by atoms with E-state index in [-0.39, 0.29) is 11.1 Å². The van der Waals surface area contributed by atoms with Crippen molar-refractivity contribution in [2.75, 3.05) is 0 Å². The molecule has 4 heteroatoms. The molecule has 0 aliphatic carbocycles. The van der Waals surface area contributed by atoms with Gasteiger partial charge in [0.1, 0.15) is 5.82 Å². The Balaban J connectivity index is 1.73. The molecule has 0 fully saturated rings. The maximum atomic E-state index is 14.0. The fraction of sp³-hybridized carbons (Fsp3) is 0. The number of carbonyl (C=O) groups excluding carboxylic acids is 1. The van der Waals surface area contributed by atoms with Gasteiger partial charge in [0.05, 0.1) is 17.2 Å². The summed E-state index contributed by atoms with van der Waals surface area (Å²) in [4.78, 5) is 11.4. The van der Waals surface area contributed by atoms with Crippen molar-refractivity contribution < 1.29 is 9.18 Å². The van der Waals surface area contributed by atoms with Crippen molar-refractivity contribution >= 4 is 28.8 Å². The molecule has 0 amide bonds. The molecular weight excluding hydrogens is 351 g/mol. The lowest BCUT2D eigenvalue weighted by Crippen LogP contribution is -1.92. The molecule has 0 saturated carbocycles. The second-order valence-electron chi connectivity index (χ2n) is 6.33. The molecule has 0 radical (unpaired) electrons. The van der Waals surface area contributed by atoms with E-state index in [1.165, 1.54) is 6.07 Å². The van der Waals surface area contributed by atoms with Crippen molar-refractivity contribution in [3.8, 4) is 11.8 Å². The van der Waals surface area contributed by atoms with Gasteiger partial charge in [0, 0.05) is 28.4 Å². The van der Waals surface area contributed by atoms with Gasteiger partial charge < -0.3 is 4.57 Å². The number of nitriles is 1. The Labute approximate surface area is 161 Å². The van der Waals surface area contributed by atoms with E-state index in [0.717, 1.165) is 28.4 Å². The quantitative estimate of drug-likeness (QED) is 0.266. The number of rotatable bonds is 4. The standard InChI is InChI=1S/C24H15FN2O/c25-23-7-3-1-5-21(23)18(14-26)13-17-9-11-20(12-10-17)27-15-19(16-28)22-6-2-4-8-24(22)27/h1-13,15-16H/b18-13-. The van der Waals surface area contributed by atoms with Gasteiger partial charge >= 0.3 is 0 Å². The smallest absolute Gasteiger partial charge is 0.152 e. The number of benzene rings is 3. The minimum absolute atomic E-state index is 0.264. The highest BCUT2D eigenvalue weighted by Crippen LogP contribution is 2.25. The summed E-state index contributed by atoms with van der Waals surface area (Å²) in [5.74, 6) is -0.424. The SMILES string of the molecule is N#C/C(=C/c1ccc(-n2cc(C=O)c3ccccc32)cc1)c1ccccc1F. The number of halogens is 1. The number of carbonyl (C=O) groups is 1. The van der Waals surface area contributed by atoms with E-state index in [1.807, 2.05) is 59.3 Å². The van der Waals surface area contributed by atoms with E-state index < -0.39 is 5.82 Å². The summed E-state index contributed by atoms with van der Waals surface area (Å²) in [5.41, 5.74) is 3.80. The third-order valence-corrected chi connectivity index (χ3v) is 4.64. The maximum Gasteiger partial charge on any atom is 0.152 e. The second-order valence-corrected chi connectivity index (χ2v) is 6.33. The molecule has 1 heterocycles. The van der Waals surface area contributed by atoms with Crippen molar-refractivity contribution in [2.45, 2.75) is 0 Å². The molecule has 3 nitrogen and oxygen atoms in total. The van der Waals surface area contributed by atoms with Gasteiger partial charge in [-0.1, -0.05) is 48.5 Å². The zero-order valence-corrected chi connectivity index (χ0v) is 14.8. The first-order valence-electron chi connectivity index (χ1n) is 8.73. The molecule has 0 spiro atoms. The zero-order chi connectivity index (χ0) is 19.5. The van der Waals surface area contributed by atoms with Crippen LogP contribution in [-0.4, -0.2) is 10.9 Å². The number of aromatic nitrogens is 1. The largest absolute Gasteiger partial charge is 0.316 e. The second kappa shape index (κ2) is 7.34. The lowest BCUT2D eigenvalue weighted by atomic mass is 10.0. The number of allylic oxidation sites excluding steroid dienone is 1. The molecule has 28 heavy (non-hydrogen) atoms. The lowest BCUT2D eigenvalue weighted by molar-refractivity contribution is 0.112.